The molecule has 0 heterocycles. The van der Waals surface area contributed by atoms with Crippen molar-refractivity contribution in [3.8, 4) is 6.07 Å². The predicted octanol–water partition coefficient (Wildman–Crippen LogP) is 4.55. The molecular weight excluding hydrogens is 321 g/mol. The Labute approximate surface area is 148 Å². The van der Waals surface area contributed by atoms with Gasteiger partial charge in [0.15, 0.2) is 0 Å². The molecule has 1 aromatic rings. The molecule has 0 spiro atoms. The van der Waals surface area contributed by atoms with Crippen LogP contribution >= 0.6 is 0 Å². The van der Waals surface area contributed by atoms with E-state index in [0.29, 0.717) is 30.4 Å². The molecule has 2 rings (SSSR count). The fraction of sp³-hybridized carbons (Fsp3) is 0.550. The number of carbonyl (C=O) groups is 2. The second-order valence-electron chi connectivity index (χ2n) is 7.54. The third-order valence-corrected chi connectivity index (χ3v) is 4.42. The van der Waals surface area contributed by atoms with Crippen LogP contribution in [-0.4, -0.2) is 17.4 Å². The molecular formula is C20H24FNO3. The monoisotopic (exact) mass is 345 g/mol. The molecule has 134 valence electrons. The quantitative estimate of drug-likeness (QED) is 0.734. The molecule has 1 fully saturated rings. The number of nitriles is 1. The van der Waals surface area contributed by atoms with Crippen molar-refractivity contribution in [3.63, 3.8) is 0 Å². The van der Waals surface area contributed by atoms with Gasteiger partial charge in [-0.2, -0.15) is 5.26 Å². The fourth-order valence-corrected chi connectivity index (χ4v) is 3.09. The summed E-state index contributed by atoms with van der Waals surface area (Å²) in [5.74, 6) is -1.08. The SMILES string of the molecule is CC(C)(C)OC(=O)c1ccc(C(F)CCC2CCC(=O)C2C#N)cc1. The number of carbonyl (C=O) groups excluding carboxylic acids is 2. The van der Waals surface area contributed by atoms with Crippen molar-refractivity contribution in [1.29, 1.82) is 5.26 Å². The Morgan fingerprint density at radius 3 is 2.56 bits per heavy atom. The first-order valence-corrected chi connectivity index (χ1v) is 8.61. The van der Waals surface area contributed by atoms with Crippen molar-refractivity contribution in [3.05, 3.63) is 35.4 Å². The number of ketones is 1. The van der Waals surface area contributed by atoms with E-state index in [1.165, 1.54) is 0 Å². The van der Waals surface area contributed by atoms with Gasteiger partial charge in [-0.15, -0.1) is 0 Å². The van der Waals surface area contributed by atoms with Gasteiger partial charge in [0.25, 0.3) is 0 Å². The van der Waals surface area contributed by atoms with Crippen LogP contribution in [0.25, 0.3) is 0 Å². The van der Waals surface area contributed by atoms with E-state index in [1.54, 1.807) is 45.0 Å². The van der Waals surface area contributed by atoms with E-state index in [4.69, 9.17) is 10.00 Å². The summed E-state index contributed by atoms with van der Waals surface area (Å²) in [4.78, 5) is 23.5. The van der Waals surface area contributed by atoms with Crippen molar-refractivity contribution >= 4 is 11.8 Å². The summed E-state index contributed by atoms with van der Waals surface area (Å²) >= 11 is 0. The molecule has 0 radical (unpaired) electrons. The van der Waals surface area contributed by atoms with Gasteiger partial charge in [0.05, 0.1) is 11.6 Å². The smallest absolute Gasteiger partial charge is 0.338 e. The van der Waals surface area contributed by atoms with Gasteiger partial charge in [0.1, 0.15) is 23.5 Å². The minimum Gasteiger partial charge on any atom is -0.456 e. The molecule has 0 bridgehead atoms. The molecule has 0 aliphatic heterocycles. The summed E-state index contributed by atoms with van der Waals surface area (Å²) in [5, 5.41) is 9.04. The summed E-state index contributed by atoms with van der Waals surface area (Å²) in [7, 11) is 0. The van der Waals surface area contributed by atoms with E-state index in [1.807, 2.05) is 6.07 Å². The Kier molecular flexibility index (Phi) is 5.94. The Hall–Kier alpha value is -2.22. The van der Waals surface area contributed by atoms with Crippen LogP contribution in [0.15, 0.2) is 24.3 Å². The Morgan fingerprint density at radius 2 is 2.00 bits per heavy atom. The van der Waals surface area contributed by atoms with Crippen LogP contribution in [0.5, 0.6) is 0 Å². The topological polar surface area (TPSA) is 67.2 Å². The van der Waals surface area contributed by atoms with Gasteiger partial charge in [-0.05, 0) is 63.6 Å². The molecule has 0 saturated heterocycles. The molecule has 1 aliphatic rings. The number of Topliss-reactive ketones (excluding diaryl/α,β-unsaturated/α-hetero) is 1. The van der Waals surface area contributed by atoms with Crippen molar-refractivity contribution < 1.29 is 18.7 Å². The van der Waals surface area contributed by atoms with E-state index in [2.05, 4.69) is 0 Å². The van der Waals surface area contributed by atoms with E-state index < -0.39 is 23.7 Å². The number of rotatable bonds is 5. The highest BCUT2D eigenvalue weighted by Crippen LogP contribution is 2.35. The summed E-state index contributed by atoms with van der Waals surface area (Å²) in [6, 6.07) is 8.35. The molecule has 3 atom stereocenters. The molecule has 4 nitrogen and oxygen atoms in total. The third kappa shape index (κ3) is 5.12. The van der Waals surface area contributed by atoms with Gasteiger partial charge in [0.2, 0.25) is 0 Å². The number of hydrogen-bond acceptors (Lipinski definition) is 4. The molecule has 0 N–H and O–H groups in total. The number of ether oxygens (including phenoxy) is 1. The zero-order chi connectivity index (χ0) is 18.6. The second-order valence-corrected chi connectivity index (χ2v) is 7.54. The summed E-state index contributed by atoms with van der Waals surface area (Å²) in [6.07, 6.45) is 0.690. The van der Waals surface area contributed by atoms with E-state index in [9.17, 15) is 14.0 Å². The Balaban J connectivity index is 1.92. The highest BCUT2D eigenvalue weighted by molar-refractivity contribution is 5.89. The lowest BCUT2D eigenvalue weighted by Gasteiger charge is -2.19. The van der Waals surface area contributed by atoms with E-state index in [0.717, 1.165) is 0 Å². The molecule has 5 heteroatoms. The van der Waals surface area contributed by atoms with Crippen LogP contribution in [0.3, 0.4) is 0 Å². The predicted molar refractivity (Wildman–Crippen MR) is 91.5 cm³/mol. The number of alkyl halides is 1. The molecule has 1 aromatic carbocycles. The molecule has 1 aliphatic carbocycles. The first-order valence-electron chi connectivity index (χ1n) is 8.61. The van der Waals surface area contributed by atoms with Gasteiger partial charge in [-0.25, -0.2) is 9.18 Å². The normalized spacial score (nSPS) is 21.6. The molecule has 0 amide bonds. The van der Waals surface area contributed by atoms with Gasteiger partial charge < -0.3 is 4.74 Å². The number of nitrogens with zero attached hydrogens (tertiary/aromatic N) is 1. The van der Waals surface area contributed by atoms with Crippen molar-refractivity contribution in [1.82, 2.24) is 0 Å². The van der Waals surface area contributed by atoms with Crippen LogP contribution in [-0.2, 0) is 9.53 Å². The first-order chi connectivity index (χ1) is 11.7. The number of hydrogen-bond donors (Lipinski definition) is 0. The van der Waals surface area contributed by atoms with Crippen molar-refractivity contribution in [2.24, 2.45) is 11.8 Å². The maximum Gasteiger partial charge on any atom is 0.338 e. The molecule has 0 aromatic heterocycles. The maximum atomic E-state index is 14.4. The fourth-order valence-electron chi connectivity index (χ4n) is 3.09. The minimum absolute atomic E-state index is 0.0235. The van der Waals surface area contributed by atoms with E-state index >= 15 is 0 Å². The zero-order valence-electron chi connectivity index (χ0n) is 14.9. The van der Waals surface area contributed by atoms with Crippen LogP contribution in [0.2, 0.25) is 0 Å². The Morgan fingerprint density at radius 1 is 1.36 bits per heavy atom. The molecule has 25 heavy (non-hydrogen) atoms. The lowest BCUT2D eigenvalue weighted by atomic mass is 9.90. The third-order valence-electron chi connectivity index (χ3n) is 4.42. The average molecular weight is 345 g/mol. The first kappa shape index (κ1) is 19.1. The molecule has 1 saturated carbocycles. The highest BCUT2D eigenvalue weighted by Gasteiger charge is 2.34. The van der Waals surface area contributed by atoms with Crippen LogP contribution in [0.4, 0.5) is 4.39 Å². The lowest BCUT2D eigenvalue weighted by Crippen LogP contribution is -2.23. The number of halogens is 1. The van der Waals surface area contributed by atoms with Gasteiger partial charge >= 0.3 is 5.97 Å². The van der Waals surface area contributed by atoms with Gasteiger partial charge in [0, 0.05) is 6.42 Å². The molecule has 3 unspecified atom stereocenters. The van der Waals surface area contributed by atoms with Crippen molar-refractivity contribution in [2.75, 3.05) is 0 Å². The lowest BCUT2D eigenvalue weighted by molar-refractivity contribution is -0.119. The number of esters is 1. The second kappa shape index (κ2) is 7.77. The average Bonchev–Trinajstić information content (AvgIpc) is 2.91. The van der Waals surface area contributed by atoms with Gasteiger partial charge in [-0.3, -0.25) is 4.79 Å². The van der Waals surface area contributed by atoms with Crippen LogP contribution in [0.1, 0.15) is 68.5 Å². The van der Waals surface area contributed by atoms with Crippen LogP contribution in [0, 0.1) is 23.2 Å². The minimum atomic E-state index is -1.18. The summed E-state index contributed by atoms with van der Waals surface area (Å²) < 4.78 is 19.7. The largest absolute Gasteiger partial charge is 0.456 e. The standard InChI is InChI=1S/C20H24FNO3/c1-20(2,3)25-19(24)15-6-4-14(5-7-15)17(21)10-8-13-9-11-18(23)16(13)12-22/h4-7,13,16-17H,8-11H2,1-3H3. The van der Waals surface area contributed by atoms with Gasteiger partial charge in [-0.1, -0.05) is 12.1 Å². The highest BCUT2D eigenvalue weighted by atomic mass is 19.1. The summed E-state index contributed by atoms with van der Waals surface area (Å²) in [6.45, 7) is 5.37. The number of benzene rings is 1. The zero-order valence-corrected chi connectivity index (χ0v) is 14.9. The van der Waals surface area contributed by atoms with Crippen molar-refractivity contribution in [2.45, 2.75) is 58.2 Å². The Bertz CT molecular complexity index is 670. The van der Waals surface area contributed by atoms with E-state index in [-0.39, 0.29) is 18.1 Å². The summed E-state index contributed by atoms with van der Waals surface area (Å²) in [5.41, 5.74) is 0.302. The van der Waals surface area contributed by atoms with Crippen LogP contribution < -0.4 is 0 Å². The maximum absolute atomic E-state index is 14.4.